The highest BCUT2D eigenvalue weighted by atomic mass is 35.5. The monoisotopic (exact) mass is 406 g/mol. The molecule has 0 spiro atoms. The molecule has 0 aliphatic heterocycles. The lowest BCUT2D eigenvalue weighted by Gasteiger charge is -2.15. The van der Waals surface area contributed by atoms with Gasteiger partial charge >= 0.3 is 6.15 Å². The van der Waals surface area contributed by atoms with Gasteiger partial charge in [0.15, 0.2) is 6.79 Å². The lowest BCUT2D eigenvalue weighted by atomic mass is 10.0. The van der Waals surface area contributed by atoms with Crippen LogP contribution in [-0.2, 0) is 27.2 Å². The molecule has 27 heavy (non-hydrogen) atoms. The number of aryl methyl sites for hydroxylation is 2. The van der Waals surface area contributed by atoms with Gasteiger partial charge in [0.25, 0.3) is 0 Å². The normalized spacial score (nSPS) is 10.5. The van der Waals surface area contributed by atoms with Gasteiger partial charge < -0.3 is 9.47 Å². The molecule has 2 rings (SSSR count). The van der Waals surface area contributed by atoms with Crippen LogP contribution in [0.1, 0.15) is 11.1 Å². The van der Waals surface area contributed by atoms with E-state index in [0.717, 1.165) is 41.8 Å². The topological polar surface area (TPSA) is 52.6 Å². The molecule has 0 heterocycles. The average molecular weight is 407 g/mol. The highest BCUT2D eigenvalue weighted by molar-refractivity contribution is 6.76. The lowest BCUT2D eigenvalue weighted by Crippen LogP contribution is -2.22. The fraction of sp³-hybridized carbons (Fsp3) is 0.381. The molecule has 6 heteroatoms. The van der Waals surface area contributed by atoms with Crippen molar-refractivity contribution in [2.75, 3.05) is 13.4 Å². The van der Waals surface area contributed by atoms with Crippen LogP contribution in [0.2, 0.25) is 30.7 Å². The molecule has 0 aromatic heterocycles. The first-order valence-electron chi connectivity index (χ1n) is 8.88. The molecular formula is C21H27ClO4Si. The molecule has 0 aliphatic carbocycles. The second kappa shape index (κ2) is 12.5. The lowest BCUT2D eigenvalue weighted by molar-refractivity contribution is -0.191. The zero-order valence-corrected chi connectivity index (χ0v) is 17.9. The van der Waals surface area contributed by atoms with Crippen LogP contribution in [0, 0.1) is 0 Å². The van der Waals surface area contributed by atoms with E-state index in [0.29, 0.717) is 0 Å². The van der Waals surface area contributed by atoms with Gasteiger partial charge in [-0.2, -0.15) is 9.59 Å². The zero-order chi connectivity index (χ0) is 20.1. The predicted octanol–water partition coefficient (Wildman–Crippen LogP) is 5.23. The first-order valence-corrected chi connectivity index (χ1v) is 13.0. The Morgan fingerprint density at radius 3 is 2.26 bits per heavy atom. The molecule has 0 fully saturated rings. The Morgan fingerprint density at radius 1 is 1.00 bits per heavy atom. The summed E-state index contributed by atoms with van der Waals surface area (Å²) in [6.07, 6.45) is 2.16. The van der Waals surface area contributed by atoms with E-state index in [-0.39, 0.29) is 12.9 Å². The maximum absolute atomic E-state index is 8.12. The largest absolute Gasteiger partial charge is 0.468 e. The predicted molar refractivity (Wildman–Crippen MR) is 110 cm³/mol. The molecule has 0 unspecified atom stereocenters. The average Bonchev–Trinajstić information content (AvgIpc) is 2.61. The summed E-state index contributed by atoms with van der Waals surface area (Å²) in [5, 5.41) is 0.755. The van der Waals surface area contributed by atoms with Crippen molar-refractivity contribution in [2.24, 2.45) is 0 Å². The summed E-state index contributed by atoms with van der Waals surface area (Å²) >= 11 is 6.38. The fourth-order valence-electron chi connectivity index (χ4n) is 2.29. The van der Waals surface area contributed by atoms with Crippen molar-refractivity contribution in [2.45, 2.75) is 38.5 Å². The number of benzene rings is 2. The van der Waals surface area contributed by atoms with Crippen LogP contribution < -0.4 is 4.74 Å². The number of halogens is 1. The Hall–Kier alpha value is -1.91. The van der Waals surface area contributed by atoms with E-state index < -0.39 is 8.07 Å². The second-order valence-electron chi connectivity index (χ2n) is 7.30. The zero-order valence-electron chi connectivity index (χ0n) is 16.2. The Balaban J connectivity index is 0.00000114. The van der Waals surface area contributed by atoms with E-state index in [2.05, 4.69) is 43.9 Å². The van der Waals surface area contributed by atoms with Gasteiger partial charge in [-0.3, -0.25) is 0 Å². The third-order valence-corrected chi connectivity index (χ3v) is 5.91. The second-order valence-corrected chi connectivity index (χ2v) is 13.3. The fourth-order valence-corrected chi connectivity index (χ4v) is 3.31. The van der Waals surface area contributed by atoms with Crippen LogP contribution >= 0.6 is 11.6 Å². The molecule has 0 atom stereocenters. The molecule has 4 nitrogen and oxygen atoms in total. The minimum absolute atomic E-state index is 0.250. The van der Waals surface area contributed by atoms with E-state index in [9.17, 15) is 0 Å². The smallest absolute Gasteiger partial charge is 0.373 e. The Morgan fingerprint density at radius 2 is 1.67 bits per heavy atom. The van der Waals surface area contributed by atoms with Gasteiger partial charge in [0.1, 0.15) is 5.75 Å². The van der Waals surface area contributed by atoms with Gasteiger partial charge in [-0.25, -0.2) is 0 Å². The number of hydrogen-bond acceptors (Lipinski definition) is 4. The van der Waals surface area contributed by atoms with E-state index in [1.54, 1.807) is 0 Å². The SMILES string of the molecule is C[Si](C)(C)CCOCOc1ccc(CCc2ccccc2)c(Cl)c1.O=C=O. The number of hydrogen-bond donors (Lipinski definition) is 0. The van der Waals surface area contributed by atoms with Crippen LogP contribution in [0.3, 0.4) is 0 Å². The summed E-state index contributed by atoms with van der Waals surface area (Å²) in [5.41, 5.74) is 2.47. The quantitative estimate of drug-likeness (QED) is 0.325. The molecule has 146 valence electrons. The van der Waals surface area contributed by atoms with Gasteiger partial charge in [0.2, 0.25) is 0 Å². The minimum atomic E-state index is -1.04. The van der Waals surface area contributed by atoms with Gasteiger partial charge in [0, 0.05) is 19.7 Å². The van der Waals surface area contributed by atoms with Crippen molar-refractivity contribution in [3.8, 4) is 5.75 Å². The molecule has 0 bridgehead atoms. The van der Waals surface area contributed by atoms with Gasteiger partial charge in [-0.05, 0) is 42.1 Å². The van der Waals surface area contributed by atoms with E-state index in [1.807, 2.05) is 24.3 Å². The minimum Gasteiger partial charge on any atom is -0.468 e. The van der Waals surface area contributed by atoms with E-state index in [4.69, 9.17) is 30.7 Å². The van der Waals surface area contributed by atoms with Gasteiger partial charge in [-0.1, -0.05) is 67.6 Å². The standard InChI is InChI=1S/C20H27ClO2Si.CO2/c1-24(2,3)14-13-22-16-23-19-12-11-18(20(21)15-19)10-9-17-7-5-4-6-8-17;2-1-3/h4-8,11-12,15H,9-10,13-14,16H2,1-3H3;. The molecule has 0 amide bonds. The molecule has 0 saturated carbocycles. The van der Waals surface area contributed by atoms with Crippen LogP contribution in [0.15, 0.2) is 48.5 Å². The van der Waals surface area contributed by atoms with Crippen LogP contribution in [-0.4, -0.2) is 27.6 Å². The Labute approximate surface area is 167 Å². The van der Waals surface area contributed by atoms with E-state index in [1.165, 1.54) is 5.56 Å². The molecule has 0 saturated heterocycles. The maximum Gasteiger partial charge on any atom is 0.373 e. The number of carbonyl (C=O) groups excluding carboxylic acids is 2. The van der Waals surface area contributed by atoms with E-state index >= 15 is 0 Å². The van der Waals surface area contributed by atoms with Crippen molar-refractivity contribution < 1.29 is 19.1 Å². The van der Waals surface area contributed by atoms with Crippen molar-refractivity contribution in [3.05, 3.63) is 64.7 Å². The molecule has 0 radical (unpaired) electrons. The third-order valence-electron chi connectivity index (χ3n) is 3.86. The third kappa shape index (κ3) is 10.7. The highest BCUT2D eigenvalue weighted by Gasteiger charge is 2.12. The summed E-state index contributed by atoms with van der Waals surface area (Å²) in [5.74, 6) is 0.761. The summed E-state index contributed by atoms with van der Waals surface area (Å²) in [7, 11) is -1.04. The molecule has 0 N–H and O–H groups in total. The van der Waals surface area contributed by atoms with Crippen molar-refractivity contribution in [1.29, 1.82) is 0 Å². The maximum atomic E-state index is 8.12. The Kier molecular flexibility index (Phi) is 10.7. The summed E-state index contributed by atoms with van der Waals surface area (Å²) in [6, 6.07) is 17.5. The summed E-state index contributed by atoms with van der Waals surface area (Å²) in [4.78, 5) is 16.2. The number of rotatable bonds is 9. The first kappa shape index (κ1) is 23.1. The van der Waals surface area contributed by atoms with Crippen molar-refractivity contribution in [3.63, 3.8) is 0 Å². The van der Waals surface area contributed by atoms with Crippen molar-refractivity contribution in [1.82, 2.24) is 0 Å². The van der Waals surface area contributed by atoms with Gasteiger partial charge in [0.05, 0.1) is 0 Å². The number of ether oxygens (including phenoxy) is 2. The van der Waals surface area contributed by atoms with Crippen LogP contribution in [0.25, 0.3) is 0 Å². The highest BCUT2D eigenvalue weighted by Crippen LogP contribution is 2.24. The van der Waals surface area contributed by atoms with Gasteiger partial charge in [-0.15, -0.1) is 0 Å². The van der Waals surface area contributed by atoms with Crippen LogP contribution in [0.4, 0.5) is 0 Å². The summed E-state index contributed by atoms with van der Waals surface area (Å²) < 4.78 is 11.2. The Bertz CT molecular complexity index is 708. The molecule has 0 aliphatic rings. The first-order chi connectivity index (χ1) is 12.9. The molecular weight excluding hydrogens is 380 g/mol. The van der Waals surface area contributed by atoms with Crippen molar-refractivity contribution >= 4 is 25.8 Å². The molecule has 2 aromatic carbocycles. The molecule has 2 aromatic rings. The summed E-state index contributed by atoms with van der Waals surface area (Å²) in [6.45, 7) is 8.06. The van der Waals surface area contributed by atoms with Crippen LogP contribution in [0.5, 0.6) is 5.75 Å².